The van der Waals surface area contributed by atoms with E-state index in [9.17, 15) is 14.9 Å². The Morgan fingerprint density at radius 1 is 1.23 bits per heavy atom. The molecule has 1 amide bonds. The number of amides is 1. The number of anilines is 1. The minimum atomic E-state index is -0.506. The number of nitrogens with one attached hydrogen (secondary N) is 3. The van der Waals surface area contributed by atoms with Crippen molar-refractivity contribution < 1.29 is 9.72 Å². The number of hydrogen-bond donors (Lipinski definition) is 3. The lowest BCUT2D eigenvalue weighted by Gasteiger charge is -2.12. The largest absolute Gasteiger partial charge is 0.375 e. The van der Waals surface area contributed by atoms with E-state index in [-0.39, 0.29) is 23.8 Å². The Morgan fingerprint density at radius 3 is 2.63 bits per heavy atom. The molecule has 2 aromatic carbocycles. The van der Waals surface area contributed by atoms with Gasteiger partial charge in [0, 0.05) is 24.2 Å². The van der Waals surface area contributed by atoms with Crippen molar-refractivity contribution in [1.82, 2.24) is 20.1 Å². The van der Waals surface area contributed by atoms with Gasteiger partial charge in [0.1, 0.15) is 5.69 Å². The van der Waals surface area contributed by atoms with E-state index in [4.69, 9.17) is 12.2 Å². The molecule has 1 heterocycles. The first-order valence-corrected chi connectivity index (χ1v) is 9.78. The van der Waals surface area contributed by atoms with Crippen molar-refractivity contribution in [2.24, 2.45) is 0 Å². The third-order valence-electron chi connectivity index (χ3n) is 4.48. The van der Waals surface area contributed by atoms with E-state index in [1.807, 2.05) is 44.2 Å². The number of benzene rings is 2. The molecule has 3 aromatic rings. The van der Waals surface area contributed by atoms with Gasteiger partial charge in [-0.2, -0.15) is 5.10 Å². The summed E-state index contributed by atoms with van der Waals surface area (Å²) in [5.74, 6) is 0.149. The lowest BCUT2D eigenvalue weighted by atomic mass is 10.1. The Kier molecular flexibility index (Phi) is 6.58. The molecule has 30 heavy (non-hydrogen) atoms. The molecule has 0 spiro atoms. The lowest BCUT2D eigenvalue weighted by molar-refractivity contribution is -0.384. The van der Waals surface area contributed by atoms with Gasteiger partial charge in [-0.05, 0) is 43.8 Å². The number of carbonyl (C=O) groups is 1. The maximum absolute atomic E-state index is 12.5. The summed E-state index contributed by atoms with van der Waals surface area (Å²) in [7, 11) is 0. The van der Waals surface area contributed by atoms with Gasteiger partial charge in [-0.25, -0.2) is 0 Å². The first-order valence-electron chi connectivity index (χ1n) is 9.37. The van der Waals surface area contributed by atoms with E-state index in [1.165, 1.54) is 6.07 Å². The summed E-state index contributed by atoms with van der Waals surface area (Å²) in [5, 5.41) is 24.1. The zero-order chi connectivity index (χ0) is 21.7. The maximum Gasteiger partial charge on any atom is 0.293 e. The summed E-state index contributed by atoms with van der Waals surface area (Å²) in [5.41, 5.74) is 1.37. The number of nitro benzene ring substituents is 1. The molecule has 0 fully saturated rings. The number of aromatic nitrogens is 3. The molecule has 0 radical (unpaired) electrons. The zero-order valence-electron chi connectivity index (χ0n) is 16.6. The molecule has 1 aromatic heterocycles. The first-order chi connectivity index (χ1) is 14.4. The van der Waals surface area contributed by atoms with Crippen molar-refractivity contribution >= 4 is 29.5 Å². The minimum Gasteiger partial charge on any atom is -0.375 e. The number of aromatic amines is 1. The Morgan fingerprint density at radius 2 is 1.97 bits per heavy atom. The number of nitrogens with zero attached hydrogens (tertiary/aromatic N) is 3. The molecule has 0 saturated carbocycles. The van der Waals surface area contributed by atoms with Crippen molar-refractivity contribution in [2.45, 2.75) is 33.0 Å². The van der Waals surface area contributed by atoms with E-state index >= 15 is 0 Å². The van der Waals surface area contributed by atoms with Crippen LogP contribution < -0.4 is 10.6 Å². The number of nitro groups is 1. The Labute approximate surface area is 178 Å². The van der Waals surface area contributed by atoms with Crippen molar-refractivity contribution in [1.29, 1.82) is 0 Å². The highest BCUT2D eigenvalue weighted by Gasteiger charge is 2.18. The normalized spacial score (nSPS) is 10.8. The summed E-state index contributed by atoms with van der Waals surface area (Å²) in [4.78, 5) is 23.6. The second-order valence-electron chi connectivity index (χ2n) is 6.92. The minimum absolute atomic E-state index is 0.0826. The molecule has 0 bridgehead atoms. The Hall–Kier alpha value is -3.53. The van der Waals surface area contributed by atoms with Gasteiger partial charge in [0.05, 0.1) is 11.5 Å². The lowest BCUT2D eigenvalue weighted by Crippen LogP contribution is -2.25. The fraction of sp³-hybridized carbons (Fsp3) is 0.250. The smallest absolute Gasteiger partial charge is 0.293 e. The van der Waals surface area contributed by atoms with Crippen LogP contribution in [-0.2, 0) is 13.1 Å². The van der Waals surface area contributed by atoms with E-state index < -0.39 is 10.8 Å². The Bertz CT molecular complexity index is 1110. The summed E-state index contributed by atoms with van der Waals surface area (Å²) >= 11 is 5.19. The van der Waals surface area contributed by atoms with Crippen molar-refractivity contribution in [3.05, 3.63) is 80.4 Å². The standard InChI is InChI=1S/C20H22N6O3S/c1-13(2)25-18(23-24-20(25)30)12-22-19(27)15-8-9-16(17(10-15)26(28)29)21-11-14-6-4-3-5-7-14/h3-10,13,21H,11-12H2,1-2H3,(H,22,27)(H,24,30). The monoisotopic (exact) mass is 426 g/mol. The number of carbonyl (C=O) groups excluding carboxylic acids is 1. The van der Waals surface area contributed by atoms with Crippen LogP contribution in [0.4, 0.5) is 11.4 Å². The molecule has 10 heteroatoms. The predicted octanol–water partition coefficient (Wildman–Crippen LogP) is 3.97. The molecule has 0 atom stereocenters. The Balaban J connectivity index is 1.73. The van der Waals surface area contributed by atoms with Crippen LogP contribution in [0.3, 0.4) is 0 Å². The number of H-pyrrole nitrogens is 1. The number of hydrogen-bond acceptors (Lipinski definition) is 6. The topological polar surface area (TPSA) is 118 Å². The van der Waals surface area contributed by atoms with Gasteiger partial charge >= 0.3 is 0 Å². The molecule has 0 saturated heterocycles. The van der Waals surface area contributed by atoms with E-state index in [0.717, 1.165) is 5.56 Å². The highest BCUT2D eigenvalue weighted by atomic mass is 32.1. The van der Waals surface area contributed by atoms with Crippen LogP contribution in [0.15, 0.2) is 48.5 Å². The molecular weight excluding hydrogens is 404 g/mol. The van der Waals surface area contributed by atoms with Crippen LogP contribution >= 0.6 is 12.2 Å². The van der Waals surface area contributed by atoms with Crippen molar-refractivity contribution in [2.75, 3.05) is 5.32 Å². The van der Waals surface area contributed by atoms with Crippen molar-refractivity contribution in [3.63, 3.8) is 0 Å². The van der Waals surface area contributed by atoms with Crippen LogP contribution in [0.2, 0.25) is 0 Å². The summed E-state index contributed by atoms with van der Waals surface area (Å²) in [6.45, 7) is 4.50. The van der Waals surface area contributed by atoms with Crippen LogP contribution in [0.1, 0.15) is 41.6 Å². The molecule has 9 nitrogen and oxygen atoms in total. The molecule has 3 N–H and O–H groups in total. The average molecular weight is 427 g/mol. The molecule has 0 unspecified atom stereocenters. The fourth-order valence-electron chi connectivity index (χ4n) is 3.02. The summed E-state index contributed by atoms with van der Waals surface area (Å²) in [6.07, 6.45) is 0. The summed E-state index contributed by atoms with van der Waals surface area (Å²) in [6, 6.07) is 14.0. The molecule has 0 aliphatic rings. The highest BCUT2D eigenvalue weighted by molar-refractivity contribution is 7.71. The van der Waals surface area contributed by atoms with Gasteiger partial charge in [0.2, 0.25) is 0 Å². The second-order valence-corrected chi connectivity index (χ2v) is 7.31. The van der Waals surface area contributed by atoms with E-state index in [1.54, 1.807) is 16.7 Å². The van der Waals surface area contributed by atoms with Gasteiger partial charge < -0.3 is 15.2 Å². The molecule has 0 aliphatic heterocycles. The van der Waals surface area contributed by atoms with Gasteiger partial charge in [0.25, 0.3) is 11.6 Å². The SMILES string of the molecule is CC(C)n1c(CNC(=O)c2ccc(NCc3ccccc3)c([N+](=O)[O-])c2)n[nH]c1=S. The van der Waals surface area contributed by atoms with Crippen LogP contribution in [0.25, 0.3) is 0 Å². The van der Waals surface area contributed by atoms with Crippen LogP contribution in [0.5, 0.6) is 0 Å². The van der Waals surface area contributed by atoms with Crippen LogP contribution in [-0.4, -0.2) is 25.6 Å². The van der Waals surface area contributed by atoms with Crippen molar-refractivity contribution in [3.8, 4) is 0 Å². The molecular formula is C20H22N6O3S. The van der Waals surface area contributed by atoms with Crippen LogP contribution in [0, 0.1) is 14.9 Å². The maximum atomic E-state index is 12.5. The average Bonchev–Trinajstić information content (AvgIpc) is 3.11. The summed E-state index contributed by atoms with van der Waals surface area (Å²) < 4.78 is 2.27. The molecule has 3 rings (SSSR count). The molecule has 0 aliphatic carbocycles. The predicted molar refractivity (Wildman–Crippen MR) is 116 cm³/mol. The molecule has 156 valence electrons. The zero-order valence-corrected chi connectivity index (χ0v) is 17.4. The number of rotatable bonds is 8. The first kappa shape index (κ1) is 21.2. The fourth-order valence-corrected chi connectivity index (χ4v) is 3.38. The van der Waals surface area contributed by atoms with E-state index in [2.05, 4.69) is 20.8 Å². The third kappa shape index (κ3) is 4.90. The van der Waals surface area contributed by atoms with Gasteiger partial charge in [-0.3, -0.25) is 20.0 Å². The van der Waals surface area contributed by atoms with Gasteiger partial charge in [0.15, 0.2) is 10.6 Å². The van der Waals surface area contributed by atoms with E-state index in [0.29, 0.717) is 22.8 Å². The quantitative estimate of drug-likeness (QED) is 0.285. The van der Waals surface area contributed by atoms with Gasteiger partial charge in [-0.1, -0.05) is 30.3 Å². The second kappa shape index (κ2) is 9.31. The third-order valence-corrected chi connectivity index (χ3v) is 4.77. The van der Waals surface area contributed by atoms with Gasteiger partial charge in [-0.15, -0.1) is 0 Å². The highest BCUT2D eigenvalue weighted by Crippen LogP contribution is 2.26.